The van der Waals surface area contributed by atoms with Crippen molar-refractivity contribution in [2.24, 2.45) is 0 Å². The van der Waals surface area contributed by atoms with E-state index in [4.69, 9.17) is 0 Å². The van der Waals surface area contributed by atoms with Crippen molar-refractivity contribution in [1.82, 2.24) is 0 Å². The molecule has 0 amide bonds. The SMILES string of the molecule is [CH2]C(C)c1cccc(Br)c1OC(F)(F)F. The first-order valence-corrected chi connectivity index (χ1v) is 4.98. The zero-order valence-electron chi connectivity index (χ0n) is 7.94. The lowest BCUT2D eigenvalue weighted by Crippen LogP contribution is -2.18. The van der Waals surface area contributed by atoms with Crippen molar-refractivity contribution in [1.29, 1.82) is 0 Å². The van der Waals surface area contributed by atoms with Crippen LogP contribution in [-0.2, 0) is 0 Å². The molecule has 0 fully saturated rings. The van der Waals surface area contributed by atoms with Gasteiger partial charge < -0.3 is 4.74 Å². The molecule has 0 heterocycles. The number of hydrogen-bond donors (Lipinski definition) is 0. The molecule has 0 spiro atoms. The summed E-state index contributed by atoms with van der Waals surface area (Å²) in [6.45, 7) is 5.37. The molecule has 5 heteroatoms. The van der Waals surface area contributed by atoms with E-state index in [1.807, 2.05) is 0 Å². The van der Waals surface area contributed by atoms with E-state index >= 15 is 0 Å². The van der Waals surface area contributed by atoms with Crippen LogP contribution < -0.4 is 4.74 Å². The fraction of sp³-hybridized carbons (Fsp3) is 0.300. The van der Waals surface area contributed by atoms with Crippen LogP contribution in [0.5, 0.6) is 5.75 Å². The lowest BCUT2D eigenvalue weighted by atomic mass is 10.0. The Morgan fingerprint density at radius 1 is 1.40 bits per heavy atom. The van der Waals surface area contributed by atoms with Crippen LogP contribution in [0.15, 0.2) is 22.7 Å². The number of alkyl halides is 3. The van der Waals surface area contributed by atoms with Crippen LogP contribution in [0.2, 0.25) is 0 Å². The average molecular weight is 282 g/mol. The number of para-hydroxylation sites is 1. The first-order valence-electron chi connectivity index (χ1n) is 4.18. The maximum absolute atomic E-state index is 12.1. The van der Waals surface area contributed by atoms with Crippen molar-refractivity contribution in [2.45, 2.75) is 19.2 Å². The molecule has 0 aromatic heterocycles. The number of ether oxygens (including phenoxy) is 1. The van der Waals surface area contributed by atoms with Crippen molar-refractivity contribution in [3.05, 3.63) is 35.2 Å². The summed E-state index contributed by atoms with van der Waals surface area (Å²) in [6.07, 6.45) is -4.69. The van der Waals surface area contributed by atoms with Gasteiger partial charge in [-0.2, -0.15) is 0 Å². The van der Waals surface area contributed by atoms with Crippen LogP contribution >= 0.6 is 15.9 Å². The molecule has 0 bridgehead atoms. The van der Waals surface area contributed by atoms with E-state index in [0.29, 0.717) is 5.56 Å². The number of halogens is 4. The molecule has 1 unspecified atom stereocenters. The summed E-state index contributed by atoms with van der Waals surface area (Å²) in [5.41, 5.74) is 0.418. The Kier molecular flexibility index (Phi) is 3.65. The summed E-state index contributed by atoms with van der Waals surface area (Å²) in [4.78, 5) is 0. The standard InChI is InChI=1S/C10H9BrF3O/c1-6(2)7-4-3-5-8(11)9(7)15-10(12,13)14/h3-6H,1H2,2H3. The fourth-order valence-electron chi connectivity index (χ4n) is 1.14. The van der Waals surface area contributed by atoms with Crippen LogP contribution in [0.3, 0.4) is 0 Å². The van der Waals surface area contributed by atoms with Crippen LogP contribution in [0.4, 0.5) is 13.2 Å². The van der Waals surface area contributed by atoms with Crippen molar-refractivity contribution >= 4 is 15.9 Å². The summed E-state index contributed by atoms with van der Waals surface area (Å²) in [5, 5.41) is 0. The molecular formula is C10H9BrF3O. The van der Waals surface area contributed by atoms with Gasteiger partial charge in [0.25, 0.3) is 0 Å². The lowest BCUT2D eigenvalue weighted by molar-refractivity contribution is -0.275. The van der Waals surface area contributed by atoms with Gasteiger partial charge >= 0.3 is 6.36 Å². The van der Waals surface area contributed by atoms with E-state index in [2.05, 4.69) is 27.6 Å². The Morgan fingerprint density at radius 3 is 2.47 bits per heavy atom. The van der Waals surface area contributed by atoms with Gasteiger partial charge in [0.15, 0.2) is 0 Å². The normalized spacial score (nSPS) is 11.9. The predicted molar refractivity (Wildman–Crippen MR) is 54.6 cm³/mol. The highest BCUT2D eigenvalue weighted by Gasteiger charge is 2.33. The number of hydrogen-bond acceptors (Lipinski definition) is 1. The number of rotatable bonds is 2. The van der Waals surface area contributed by atoms with Gasteiger partial charge in [-0.3, -0.25) is 0 Å². The Hall–Kier alpha value is -0.710. The molecule has 15 heavy (non-hydrogen) atoms. The smallest absolute Gasteiger partial charge is 0.404 e. The minimum atomic E-state index is -4.69. The maximum atomic E-state index is 12.1. The quantitative estimate of drug-likeness (QED) is 0.786. The fourth-order valence-corrected chi connectivity index (χ4v) is 1.60. The maximum Gasteiger partial charge on any atom is 0.573 e. The second-order valence-corrected chi connectivity index (χ2v) is 3.96. The van der Waals surface area contributed by atoms with E-state index in [0.717, 1.165) is 0 Å². The Labute approximate surface area is 94.4 Å². The van der Waals surface area contributed by atoms with E-state index in [9.17, 15) is 13.2 Å². The molecule has 0 saturated heterocycles. The lowest BCUT2D eigenvalue weighted by Gasteiger charge is -2.16. The molecule has 1 aromatic rings. The molecule has 0 aliphatic rings. The van der Waals surface area contributed by atoms with Gasteiger partial charge in [0.1, 0.15) is 5.75 Å². The topological polar surface area (TPSA) is 9.23 Å². The van der Waals surface area contributed by atoms with Crippen molar-refractivity contribution in [2.75, 3.05) is 0 Å². The largest absolute Gasteiger partial charge is 0.573 e. The minimum absolute atomic E-state index is 0.215. The Bertz CT molecular complexity index is 347. The van der Waals surface area contributed by atoms with E-state index in [1.165, 1.54) is 6.07 Å². The van der Waals surface area contributed by atoms with Gasteiger partial charge in [-0.1, -0.05) is 19.1 Å². The second kappa shape index (κ2) is 4.43. The van der Waals surface area contributed by atoms with Crippen LogP contribution in [0, 0.1) is 6.92 Å². The van der Waals surface area contributed by atoms with Gasteiger partial charge in [-0.25, -0.2) is 0 Å². The average Bonchev–Trinajstić information content (AvgIpc) is 2.05. The van der Waals surface area contributed by atoms with Crippen molar-refractivity contribution < 1.29 is 17.9 Å². The molecule has 0 saturated carbocycles. The summed E-state index contributed by atoms with van der Waals surface area (Å²) in [7, 11) is 0. The van der Waals surface area contributed by atoms with E-state index in [1.54, 1.807) is 19.1 Å². The monoisotopic (exact) mass is 281 g/mol. The summed E-state index contributed by atoms with van der Waals surface area (Å²) in [6, 6.07) is 4.70. The molecular weight excluding hydrogens is 273 g/mol. The molecule has 1 rings (SSSR count). The van der Waals surface area contributed by atoms with Gasteiger partial charge in [0.05, 0.1) is 4.47 Å². The highest BCUT2D eigenvalue weighted by atomic mass is 79.9. The zero-order valence-corrected chi connectivity index (χ0v) is 9.52. The molecule has 0 N–H and O–H groups in total. The summed E-state index contributed by atoms with van der Waals surface area (Å²) >= 11 is 3.02. The molecule has 0 aliphatic heterocycles. The molecule has 1 aromatic carbocycles. The highest BCUT2D eigenvalue weighted by Crippen LogP contribution is 2.36. The van der Waals surface area contributed by atoms with Crippen molar-refractivity contribution in [3.8, 4) is 5.75 Å². The van der Waals surface area contributed by atoms with Crippen LogP contribution in [-0.4, -0.2) is 6.36 Å². The van der Waals surface area contributed by atoms with Gasteiger partial charge in [-0.15, -0.1) is 13.2 Å². The molecule has 0 aliphatic carbocycles. The third-order valence-corrected chi connectivity index (χ3v) is 2.37. The van der Waals surface area contributed by atoms with Gasteiger partial charge in [0, 0.05) is 0 Å². The molecule has 83 valence electrons. The highest BCUT2D eigenvalue weighted by molar-refractivity contribution is 9.10. The molecule has 1 radical (unpaired) electrons. The van der Waals surface area contributed by atoms with E-state index < -0.39 is 6.36 Å². The molecule has 1 atom stereocenters. The minimum Gasteiger partial charge on any atom is -0.404 e. The summed E-state index contributed by atoms with van der Waals surface area (Å²) < 4.78 is 40.5. The summed E-state index contributed by atoms with van der Waals surface area (Å²) in [5.74, 6) is -0.493. The first kappa shape index (κ1) is 12.4. The third-order valence-electron chi connectivity index (χ3n) is 1.75. The predicted octanol–water partition coefficient (Wildman–Crippen LogP) is 4.29. The van der Waals surface area contributed by atoms with Gasteiger partial charge in [-0.05, 0) is 40.4 Å². The van der Waals surface area contributed by atoms with E-state index in [-0.39, 0.29) is 16.1 Å². The molecule has 1 nitrogen and oxygen atoms in total. The third kappa shape index (κ3) is 3.41. The second-order valence-electron chi connectivity index (χ2n) is 3.11. The Balaban J connectivity index is 3.14. The Morgan fingerprint density at radius 2 is 2.00 bits per heavy atom. The van der Waals surface area contributed by atoms with Gasteiger partial charge in [0.2, 0.25) is 0 Å². The first-order chi connectivity index (χ1) is 6.81. The van der Waals surface area contributed by atoms with Crippen LogP contribution in [0.1, 0.15) is 18.4 Å². The number of benzene rings is 1. The van der Waals surface area contributed by atoms with Crippen molar-refractivity contribution in [3.63, 3.8) is 0 Å². The zero-order chi connectivity index (χ0) is 11.6. The van der Waals surface area contributed by atoms with Crippen LogP contribution in [0.25, 0.3) is 0 Å².